The van der Waals surface area contributed by atoms with Crippen molar-refractivity contribution in [1.29, 1.82) is 0 Å². The molecule has 0 aliphatic carbocycles. The molecule has 0 bridgehead atoms. The van der Waals surface area contributed by atoms with Gasteiger partial charge in [0.1, 0.15) is 18.3 Å². The largest absolute Gasteiger partial charge is 0.463 e. The number of esters is 1. The highest BCUT2D eigenvalue weighted by Crippen LogP contribution is 2.42. The minimum absolute atomic E-state index is 0.304. The van der Waals surface area contributed by atoms with Crippen LogP contribution < -0.4 is 11.2 Å². The molecule has 3 heterocycles. The molecule has 0 aromatic carbocycles. The minimum atomic E-state index is -0.837. The van der Waals surface area contributed by atoms with Crippen LogP contribution >= 0.6 is 0 Å². The van der Waals surface area contributed by atoms with Gasteiger partial charge in [-0.3, -0.25) is 14.3 Å². The number of aromatic amines is 1. The van der Waals surface area contributed by atoms with Gasteiger partial charge in [0.2, 0.25) is 0 Å². The fraction of sp³-hybridized carbons (Fsp3) is 0.500. The summed E-state index contributed by atoms with van der Waals surface area (Å²) in [6.07, 6.45) is 5.31. The first kappa shape index (κ1) is 19.3. The van der Waals surface area contributed by atoms with Crippen molar-refractivity contribution >= 4 is 5.97 Å². The van der Waals surface area contributed by atoms with E-state index in [2.05, 4.69) is 4.98 Å². The van der Waals surface area contributed by atoms with Gasteiger partial charge in [0.25, 0.3) is 5.56 Å². The fourth-order valence-electron chi connectivity index (χ4n) is 3.11. The third-order valence-electron chi connectivity index (χ3n) is 4.12. The van der Waals surface area contributed by atoms with Gasteiger partial charge in [-0.1, -0.05) is 18.2 Å². The lowest BCUT2D eigenvalue weighted by Crippen LogP contribution is -2.37. The number of ether oxygens (including phenoxy) is 4. The molecule has 27 heavy (non-hydrogen) atoms. The lowest BCUT2D eigenvalue weighted by Gasteiger charge is -2.24. The maximum absolute atomic E-state index is 12.1. The molecule has 2 fully saturated rings. The average Bonchev–Trinajstić information content (AvgIpc) is 3.06. The van der Waals surface area contributed by atoms with Crippen LogP contribution in [0.4, 0.5) is 0 Å². The lowest BCUT2D eigenvalue weighted by molar-refractivity contribution is -0.192. The standard InChI is InChI=1S/C18H22N2O7/c1-4-24-13(22)8-6-5-7-11-14-15(27-18(2,3)26-14)16(25-11)20-10-9-12(21)19-17(20)23/h5-11,14-16H,4H2,1-3H3,(H,19,21,23)/b7-5+,8-6-/t11-,14-,15-,16-/m1/s1. The predicted molar refractivity (Wildman–Crippen MR) is 94.0 cm³/mol. The van der Waals surface area contributed by atoms with Crippen LogP contribution in [-0.2, 0) is 23.7 Å². The Bertz CT molecular complexity index is 867. The lowest BCUT2D eigenvalue weighted by atomic mass is 10.1. The number of hydrogen-bond donors (Lipinski definition) is 1. The summed E-state index contributed by atoms with van der Waals surface area (Å²) in [5, 5.41) is 0. The molecule has 4 atom stereocenters. The molecule has 2 aliphatic heterocycles. The van der Waals surface area contributed by atoms with E-state index in [1.807, 2.05) is 0 Å². The molecule has 0 radical (unpaired) electrons. The van der Waals surface area contributed by atoms with E-state index in [9.17, 15) is 14.4 Å². The Morgan fingerprint density at radius 2 is 2.04 bits per heavy atom. The number of carbonyl (C=O) groups excluding carboxylic acids is 1. The highest BCUT2D eigenvalue weighted by molar-refractivity contribution is 5.82. The highest BCUT2D eigenvalue weighted by Gasteiger charge is 2.55. The molecule has 0 spiro atoms. The van der Waals surface area contributed by atoms with Crippen LogP contribution in [-0.4, -0.2) is 46.2 Å². The van der Waals surface area contributed by atoms with Crippen LogP contribution in [0.25, 0.3) is 0 Å². The minimum Gasteiger partial charge on any atom is -0.463 e. The van der Waals surface area contributed by atoms with Crippen molar-refractivity contribution in [2.45, 2.75) is 51.1 Å². The quantitative estimate of drug-likeness (QED) is 0.455. The van der Waals surface area contributed by atoms with Gasteiger partial charge in [-0.25, -0.2) is 9.59 Å². The van der Waals surface area contributed by atoms with E-state index in [1.165, 1.54) is 29.0 Å². The molecule has 9 nitrogen and oxygen atoms in total. The summed E-state index contributed by atoms with van der Waals surface area (Å²) >= 11 is 0. The zero-order valence-corrected chi connectivity index (χ0v) is 15.3. The van der Waals surface area contributed by atoms with Crippen molar-refractivity contribution in [3.8, 4) is 0 Å². The molecule has 0 saturated carbocycles. The summed E-state index contributed by atoms with van der Waals surface area (Å²) in [6, 6.07) is 1.24. The van der Waals surface area contributed by atoms with E-state index in [4.69, 9.17) is 18.9 Å². The SMILES string of the molecule is CCOC(=O)/C=C\C=C\[C@H]1O[C@@H](n2ccc(=O)[nH]c2=O)[C@@H]2OC(C)(C)O[C@@H]21. The van der Waals surface area contributed by atoms with Crippen molar-refractivity contribution in [1.82, 2.24) is 9.55 Å². The number of H-pyrrole nitrogens is 1. The fourth-order valence-corrected chi connectivity index (χ4v) is 3.11. The topological polar surface area (TPSA) is 109 Å². The maximum Gasteiger partial charge on any atom is 0.330 e. The summed E-state index contributed by atoms with van der Waals surface area (Å²) in [4.78, 5) is 37.0. The first-order chi connectivity index (χ1) is 12.8. The van der Waals surface area contributed by atoms with Gasteiger partial charge in [0.05, 0.1) is 6.61 Å². The van der Waals surface area contributed by atoms with Crippen molar-refractivity contribution < 1.29 is 23.7 Å². The number of hydrogen-bond acceptors (Lipinski definition) is 7. The van der Waals surface area contributed by atoms with E-state index in [0.717, 1.165) is 0 Å². The van der Waals surface area contributed by atoms with E-state index in [0.29, 0.717) is 6.61 Å². The molecular weight excluding hydrogens is 356 g/mol. The monoisotopic (exact) mass is 378 g/mol. The first-order valence-electron chi connectivity index (χ1n) is 8.65. The van der Waals surface area contributed by atoms with Crippen molar-refractivity contribution in [2.75, 3.05) is 6.61 Å². The van der Waals surface area contributed by atoms with Crippen molar-refractivity contribution in [3.05, 3.63) is 57.4 Å². The number of rotatable bonds is 5. The normalized spacial score (nSPS) is 29.4. The number of nitrogens with one attached hydrogen (secondary N) is 1. The van der Waals surface area contributed by atoms with Gasteiger partial charge in [-0.15, -0.1) is 0 Å². The second-order valence-electron chi connectivity index (χ2n) is 6.57. The van der Waals surface area contributed by atoms with E-state index in [-0.39, 0.29) is 0 Å². The molecular formula is C18H22N2O7. The molecule has 1 aromatic rings. The molecule has 2 aliphatic rings. The van der Waals surface area contributed by atoms with Gasteiger partial charge < -0.3 is 18.9 Å². The zero-order valence-electron chi connectivity index (χ0n) is 15.3. The number of nitrogens with zero attached hydrogens (tertiary/aromatic N) is 1. The summed E-state index contributed by atoms with van der Waals surface area (Å²) in [5.74, 6) is -1.28. The second kappa shape index (κ2) is 7.63. The van der Waals surface area contributed by atoms with Crippen LogP contribution in [0.3, 0.4) is 0 Å². The van der Waals surface area contributed by atoms with Gasteiger partial charge in [-0.05, 0) is 20.8 Å². The van der Waals surface area contributed by atoms with Crippen LogP contribution in [0.1, 0.15) is 27.0 Å². The molecule has 2 saturated heterocycles. The van der Waals surface area contributed by atoms with Gasteiger partial charge in [-0.2, -0.15) is 0 Å². The first-order valence-corrected chi connectivity index (χ1v) is 8.65. The molecule has 0 amide bonds. The van der Waals surface area contributed by atoms with Gasteiger partial charge in [0, 0.05) is 18.3 Å². The van der Waals surface area contributed by atoms with Gasteiger partial charge in [0.15, 0.2) is 12.0 Å². The van der Waals surface area contributed by atoms with Gasteiger partial charge >= 0.3 is 11.7 Å². The summed E-state index contributed by atoms with van der Waals surface area (Å²) in [6.45, 7) is 5.59. The summed E-state index contributed by atoms with van der Waals surface area (Å²) in [5.41, 5.74) is -1.08. The second-order valence-corrected chi connectivity index (χ2v) is 6.57. The number of allylic oxidation sites excluding steroid dienone is 2. The molecule has 1 aromatic heterocycles. The van der Waals surface area contributed by atoms with E-state index < -0.39 is 47.5 Å². The molecule has 0 unspecified atom stereocenters. The Morgan fingerprint density at radius 3 is 2.74 bits per heavy atom. The average molecular weight is 378 g/mol. The number of fused-ring (bicyclic) bond motifs is 1. The van der Waals surface area contributed by atoms with Crippen molar-refractivity contribution in [2.24, 2.45) is 0 Å². The van der Waals surface area contributed by atoms with E-state index in [1.54, 1.807) is 32.9 Å². The number of carbonyl (C=O) groups is 1. The molecule has 9 heteroatoms. The Hall–Kier alpha value is -2.49. The molecule has 3 rings (SSSR count). The van der Waals surface area contributed by atoms with Crippen LogP contribution in [0, 0.1) is 0 Å². The zero-order chi connectivity index (χ0) is 19.6. The third-order valence-corrected chi connectivity index (χ3v) is 4.12. The van der Waals surface area contributed by atoms with Crippen LogP contribution in [0.15, 0.2) is 46.2 Å². The Balaban J connectivity index is 1.81. The van der Waals surface area contributed by atoms with Crippen LogP contribution in [0.2, 0.25) is 0 Å². The number of aromatic nitrogens is 2. The van der Waals surface area contributed by atoms with Crippen LogP contribution in [0.5, 0.6) is 0 Å². The summed E-state index contributed by atoms with van der Waals surface area (Å²) in [7, 11) is 0. The third kappa shape index (κ3) is 4.26. The molecule has 146 valence electrons. The highest BCUT2D eigenvalue weighted by atomic mass is 16.8. The van der Waals surface area contributed by atoms with E-state index >= 15 is 0 Å². The Morgan fingerprint density at radius 1 is 1.30 bits per heavy atom. The smallest absolute Gasteiger partial charge is 0.330 e. The Kier molecular flexibility index (Phi) is 5.45. The Labute approximate surface area is 155 Å². The van der Waals surface area contributed by atoms with Crippen molar-refractivity contribution in [3.63, 3.8) is 0 Å². The maximum atomic E-state index is 12.1. The molecule has 1 N–H and O–H groups in total. The summed E-state index contributed by atoms with van der Waals surface area (Å²) < 4.78 is 23.8. The predicted octanol–water partition coefficient (Wildman–Crippen LogP) is 0.630.